The van der Waals surface area contributed by atoms with E-state index >= 15 is 0 Å². The summed E-state index contributed by atoms with van der Waals surface area (Å²) in [6.45, 7) is 1.86. The minimum Gasteiger partial charge on any atom is -0.397 e. The molecule has 2 rings (SSSR count). The molecule has 0 bridgehead atoms. The maximum atomic E-state index is 13.3. The van der Waals surface area contributed by atoms with Crippen LogP contribution in [0.2, 0.25) is 10.0 Å². The highest BCUT2D eigenvalue weighted by Crippen LogP contribution is 2.34. The highest BCUT2D eigenvalue weighted by atomic mass is 79.9. The van der Waals surface area contributed by atoms with Crippen LogP contribution in [0.25, 0.3) is 0 Å². The van der Waals surface area contributed by atoms with E-state index in [1.54, 1.807) is 18.2 Å². The number of halogens is 4. The van der Waals surface area contributed by atoms with Gasteiger partial charge in [0, 0.05) is 11.1 Å². The second kappa shape index (κ2) is 5.57. The van der Waals surface area contributed by atoms with Gasteiger partial charge in [-0.05, 0) is 46.6 Å². The molecule has 0 radical (unpaired) electrons. The zero-order valence-electron chi connectivity index (χ0n) is 9.90. The van der Waals surface area contributed by atoms with Crippen LogP contribution in [0.3, 0.4) is 0 Å². The molecule has 6 heteroatoms. The lowest BCUT2D eigenvalue weighted by Gasteiger charge is -2.13. The smallest absolute Gasteiger partial charge is 0.139 e. The topological polar surface area (TPSA) is 38.0 Å². The Labute approximate surface area is 128 Å². The molecule has 0 atom stereocenters. The van der Waals surface area contributed by atoms with E-state index in [1.165, 1.54) is 6.07 Å². The van der Waals surface area contributed by atoms with E-state index in [-0.39, 0.29) is 5.69 Å². The fraction of sp³-hybridized carbons (Fsp3) is 0.0769. The average Bonchev–Trinajstić information content (AvgIpc) is 2.32. The van der Waals surface area contributed by atoms with Gasteiger partial charge in [-0.25, -0.2) is 4.39 Å². The molecule has 0 fully saturated rings. The minimum atomic E-state index is -0.420. The third-order valence-corrected chi connectivity index (χ3v) is 3.94. The van der Waals surface area contributed by atoms with Crippen molar-refractivity contribution in [1.82, 2.24) is 0 Å². The van der Waals surface area contributed by atoms with Crippen molar-refractivity contribution in [1.29, 1.82) is 0 Å². The molecule has 100 valence electrons. The van der Waals surface area contributed by atoms with E-state index in [2.05, 4.69) is 21.2 Å². The molecule has 2 nitrogen and oxygen atoms in total. The van der Waals surface area contributed by atoms with Gasteiger partial charge in [-0.15, -0.1) is 0 Å². The van der Waals surface area contributed by atoms with Crippen molar-refractivity contribution in [2.45, 2.75) is 6.92 Å². The molecule has 0 saturated carbocycles. The van der Waals surface area contributed by atoms with Crippen molar-refractivity contribution in [3.63, 3.8) is 0 Å². The quantitative estimate of drug-likeness (QED) is 0.688. The first-order valence-electron chi connectivity index (χ1n) is 5.35. The van der Waals surface area contributed by atoms with Gasteiger partial charge in [-0.2, -0.15) is 0 Å². The van der Waals surface area contributed by atoms with Crippen LogP contribution in [-0.2, 0) is 0 Å². The molecule has 0 amide bonds. The Balaban J connectivity index is 2.42. The van der Waals surface area contributed by atoms with Gasteiger partial charge in [-0.3, -0.25) is 0 Å². The standard InChI is InChI=1S/C13H10BrCl2FN2/c1-6-2-9(16)12(4-8(6)15)19-13-3-7(14)10(17)5-11(13)18/h2-5,19H,18H2,1H3. The lowest BCUT2D eigenvalue weighted by Crippen LogP contribution is -1.98. The highest BCUT2D eigenvalue weighted by Gasteiger charge is 2.09. The van der Waals surface area contributed by atoms with E-state index < -0.39 is 5.82 Å². The summed E-state index contributed by atoms with van der Waals surface area (Å²) in [4.78, 5) is 0. The summed E-state index contributed by atoms with van der Waals surface area (Å²) in [6.07, 6.45) is 0. The predicted octanol–water partition coefficient (Wildman–Crippen LogP) is 5.53. The van der Waals surface area contributed by atoms with Crippen molar-refractivity contribution in [2.24, 2.45) is 0 Å². The van der Waals surface area contributed by atoms with E-state index in [0.29, 0.717) is 25.9 Å². The van der Waals surface area contributed by atoms with Crippen molar-refractivity contribution in [3.8, 4) is 0 Å². The third kappa shape index (κ3) is 3.14. The zero-order valence-corrected chi connectivity index (χ0v) is 13.0. The van der Waals surface area contributed by atoms with Crippen molar-refractivity contribution < 1.29 is 4.39 Å². The van der Waals surface area contributed by atoms with Crippen LogP contribution in [0.4, 0.5) is 21.5 Å². The molecule has 0 aromatic heterocycles. The second-order valence-corrected chi connectivity index (χ2v) is 5.73. The molecule has 0 saturated heterocycles. The van der Waals surface area contributed by atoms with Gasteiger partial charge >= 0.3 is 0 Å². The lowest BCUT2D eigenvalue weighted by atomic mass is 10.2. The van der Waals surface area contributed by atoms with E-state index in [9.17, 15) is 4.39 Å². The Kier molecular flexibility index (Phi) is 4.23. The maximum Gasteiger partial charge on any atom is 0.139 e. The summed E-state index contributed by atoms with van der Waals surface area (Å²) in [6, 6.07) is 6.24. The van der Waals surface area contributed by atoms with Crippen LogP contribution in [0.15, 0.2) is 28.7 Å². The summed E-state index contributed by atoms with van der Waals surface area (Å²) < 4.78 is 13.6. The molecule has 0 aliphatic carbocycles. The number of rotatable bonds is 2. The molecule has 0 aliphatic heterocycles. The molecular formula is C13H10BrCl2FN2. The summed E-state index contributed by atoms with van der Waals surface area (Å²) in [5.41, 5.74) is 8.09. The fourth-order valence-electron chi connectivity index (χ4n) is 1.56. The van der Waals surface area contributed by atoms with Gasteiger partial charge in [0.2, 0.25) is 0 Å². The van der Waals surface area contributed by atoms with Crippen LogP contribution in [0.1, 0.15) is 5.56 Å². The molecule has 0 unspecified atom stereocenters. The first kappa shape index (κ1) is 14.4. The Bertz CT molecular complexity index is 592. The Morgan fingerprint density at radius 2 is 1.79 bits per heavy atom. The van der Waals surface area contributed by atoms with Crippen molar-refractivity contribution >= 4 is 56.2 Å². The molecule has 19 heavy (non-hydrogen) atoms. The summed E-state index contributed by atoms with van der Waals surface area (Å²) in [5, 5.41) is 4.14. The number of aryl methyl sites for hydroxylation is 1. The molecule has 0 aliphatic rings. The normalized spacial score (nSPS) is 10.6. The minimum absolute atomic E-state index is 0.286. The van der Waals surface area contributed by atoms with Crippen LogP contribution in [0.5, 0.6) is 0 Å². The van der Waals surface area contributed by atoms with Crippen molar-refractivity contribution in [3.05, 3.63) is 50.2 Å². The Morgan fingerprint density at radius 1 is 1.11 bits per heavy atom. The van der Waals surface area contributed by atoms with Gasteiger partial charge in [0.05, 0.1) is 26.6 Å². The second-order valence-electron chi connectivity index (χ2n) is 4.06. The molecule has 2 aromatic rings. The van der Waals surface area contributed by atoms with Gasteiger partial charge in [0.15, 0.2) is 0 Å². The summed E-state index contributed by atoms with van der Waals surface area (Å²) in [5.74, 6) is -0.420. The number of benzene rings is 2. The average molecular weight is 364 g/mol. The summed E-state index contributed by atoms with van der Waals surface area (Å²) in [7, 11) is 0. The summed E-state index contributed by atoms with van der Waals surface area (Å²) >= 11 is 15.3. The molecule has 0 heterocycles. The van der Waals surface area contributed by atoms with E-state index in [0.717, 1.165) is 5.56 Å². The highest BCUT2D eigenvalue weighted by molar-refractivity contribution is 9.10. The largest absolute Gasteiger partial charge is 0.397 e. The SMILES string of the molecule is Cc1cc(Cl)c(Nc2cc(Br)c(F)cc2N)cc1Cl. The first-order valence-corrected chi connectivity index (χ1v) is 6.90. The first-order chi connectivity index (χ1) is 8.88. The molecular weight excluding hydrogens is 354 g/mol. The Morgan fingerprint density at radius 3 is 2.47 bits per heavy atom. The lowest BCUT2D eigenvalue weighted by molar-refractivity contribution is 0.622. The van der Waals surface area contributed by atoms with Gasteiger partial charge < -0.3 is 11.1 Å². The Hall–Kier alpha value is -0.970. The predicted molar refractivity (Wildman–Crippen MR) is 83.0 cm³/mol. The number of hydrogen-bond acceptors (Lipinski definition) is 2. The van der Waals surface area contributed by atoms with Gasteiger partial charge in [0.25, 0.3) is 0 Å². The third-order valence-electron chi connectivity index (χ3n) is 2.61. The number of anilines is 3. The van der Waals surface area contributed by atoms with Gasteiger partial charge in [0.1, 0.15) is 5.82 Å². The molecule has 2 aromatic carbocycles. The fourth-order valence-corrected chi connectivity index (χ4v) is 2.33. The van der Waals surface area contributed by atoms with Crippen LogP contribution < -0.4 is 11.1 Å². The number of nitrogen functional groups attached to an aromatic ring is 1. The maximum absolute atomic E-state index is 13.3. The van der Waals surface area contributed by atoms with Gasteiger partial charge in [-0.1, -0.05) is 23.2 Å². The van der Waals surface area contributed by atoms with Crippen LogP contribution in [-0.4, -0.2) is 0 Å². The number of nitrogens with one attached hydrogen (secondary N) is 1. The van der Waals surface area contributed by atoms with Crippen molar-refractivity contribution in [2.75, 3.05) is 11.1 Å². The van der Waals surface area contributed by atoms with Crippen LogP contribution in [0, 0.1) is 12.7 Å². The van der Waals surface area contributed by atoms with E-state index in [4.69, 9.17) is 28.9 Å². The monoisotopic (exact) mass is 362 g/mol. The molecule has 3 N–H and O–H groups in total. The van der Waals surface area contributed by atoms with E-state index in [1.807, 2.05) is 6.92 Å². The number of hydrogen-bond donors (Lipinski definition) is 2. The molecule has 0 spiro atoms. The number of nitrogens with two attached hydrogens (primary N) is 1. The van der Waals surface area contributed by atoms with Crippen LogP contribution >= 0.6 is 39.1 Å². The zero-order chi connectivity index (χ0) is 14.2.